The quantitative estimate of drug-likeness (QED) is 0.533. The number of nitrogens with zero attached hydrogens (tertiary/aromatic N) is 2. The van der Waals surface area contributed by atoms with Gasteiger partial charge in [-0.25, -0.2) is 4.79 Å². The first-order valence-electron chi connectivity index (χ1n) is 8.31. The average Bonchev–Trinajstić information content (AvgIpc) is 2.90. The summed E-state index contributed by atoms with van der Waals surface area (Å²) < 4.78 is 1.98. The molecule has 0 aliphatic rings. The molecule has 138 valence electrons. The zero-order valence-corrected chi connectivity index (χ0v) is 16.6. The van der Waals surface area contributed by atoms with Crippen LogP contribution in [0.5, 0.6) is 0 Å². The van der Waals surface area contributed by atoms with Crippen LogP contribution in [0.25, 0.3) is 5.69 Å². The maximum atomic E-state index is 11.4. The molecule has 4 nitrogen and oxygen atoms in total. The minimum absolute atomic E-state index is 0.0754. The maximum Gasteiger partial charge on any atom is 0.337 e. The number of hydrogen-bond donors (Lipinski definition) is 1. The number of carbonyl (C=O) groups is 1. The van der Waals surface area contributed by atoms with Gasteiger partial charge in [0, 0.05) is 33.9 Å². The number of halogens is 2. The molecule has 3 aromatic rings. The Morgan fingerprint density at radius 3 is 2.52 bits per heavy atom. The number of aromatic nitrogens is 1. The topological polar surface area (TPSA) is 54.6 Å². The van der Waals surface area contributed by atoms with Crippen molar-refractivity contribution >= 4 is 41.1 Å². The first-order valence-corrected chi connectivity index (χ1v) is 9.06. The van der Waals surface area contributed by atoms with Crippen molar-refractivity contribution in [2.45, 2.75) is 20.8 Å². The Morgan fingerprint density at radius 2 is 1.81 bits per heavy atom. The van der Waals surface area contributed by atoms with Crippen molar-refractivity contribution in [2.24, 2.45) is 4.99 Å². The van der Waals surface area contributed by atoms with Crippen LogP contribution in [0.4, 0.5) is 5.69 Å². The van der Waals surface area contributed by atoms with Gasteiger partial charge in [-0.2, -0.15) is 0 Å². The highest BCUT2D eigenvalue weighted by atomic mass is 35.5. The minimum atomic E-state index is -1.05. The molecule has 0 fully saturated rings. The molecule has 0 aliphatic carbocycles. The molecule has 27 heavy (non-hydrogen) atoms. The van der Waals surface area contributed by atoms with Crippen molar-refractivity contribution in [2.75, 3.05) is 0 Å². The molecule has 2 aromatic carbocycles. The summed E-state index contributed by atoms with van der Waals surface area (Å²) in [7, 11) is 0. The minimum Gasteiger partial charge on any atom is -0.478 e. The fourth-order valence-corrected chi connectivity index (χ4v) is 3.37. The van der Waals surface area contributed by atoms with E-state index in [1.54, 1.807) is 24.4 Å². The van der Waals surface area contributed by atoms with Crippen molar-refractivity contribution in [3.8, 4) is 5.69 Å². The lowest BCUT2D eigenvalue weighted by molar-refractivity contribution is 0.0697. The maximum absolute atomic E-state index is 11.4. The second-order valence-corrected chi connectivity index (χ2v) is 7.09. The van der Waals surface area contributed by atoms with Crippen LogP contribution < -0.4 is 0 Å². The lowest BCUT2D eigenvalue weighted by Gasteiger charge is -2.11. The van der Waals surface area contributed by atoms with Crippen LogP contribution in [0.15, 0.2) is 47.5 Å². The molecule has 0 saturated carbocycles. The summed E-state index contributed by atoms with van der Waals surface area (Å²) in [4.78, 5) is 15.9. The number of rotatable bonds is 4. The standard InChI is InChI=1S/C21H18Cl2N2O2/c1-12-9-15(11-24-20-6-4-5-18(22)13(20)2)14(3)25(12)16-7-8-19(23)17(10-16)21(26)27/h4-11H,1-3H3,(H,26,27). The molecule has 0 spiro atoms. The van der Waals surface area contributed by atoms with Gasteiger partial charge in [-0.1, -0.05) is 29.3 Å². The summed E-state index contributed by atoms with van der Waals surface area (Å²) in [5.74, 6) is -1.05. The summed E-state index contributed by atoms with van der Waals surface area (Å²) in [5.41, 5.74) is 5.42. The van der Waals surface area contributed by atoms with E-state index in [0.717, 1.165) is 33.9 Å². The Labute approximate surface area is 167 Å². The number of aryl methyl sites for hydroxylation is 1. The highest BCUT2D eigenvalue weighted by molar-refractivity contribution is 6.33. The summed E-state index contributed by atoms with van der Waals surface area (Å²) in [6.45, 7) is 5.86. The SMILES string of the molecule is Cc1c(Cl)cccc1N=Cc1cc(C)n(-c2ccc(Cl)c(C(=O)O)c2)c1C. The van der Waals surface area contributed by atoms with Crippen LogP contribution in [0, 0.1) is 20.8 Å². The Hall–Kier alpha value is -2.56. The van der Waals surface area contributed by atoms with Gasteiger partial charge in [0.25, 0.3) is 0 Å². The van der Waals surface area contributed by atoms with Crippen molar-refractivity contribution in [1.82, 2.24) is 4.57 Å². The van der Waals surface area contributed by atoms with Gasteiger partial charge in [0.15, 0.2) is 0 Å². The van der Waals surface area contributed by atoms with E-state index in [4.69, 9.17) is 23.2 Å². The summed E-state index contributed by atoms with van der Waals surface area (Å²) in [5, 5.41) is 10.2. The normalized spacial score (nSPS) is 11.3. The van der Waals surface area contributed by atoms with Gasteiger partial charge in [-0.3, -0.25) is 4.99 Å². The summed E-state index contributed by atoms with van der Waals surface area (Å²) in [6.07, 6.45) is 1.80. The van der Waals surface area contributed by atoms with Gasteiger partial charge < -0.3 is 9.67 Å². The predicted octanol–water partition coefficient (Wildman–Crippen LogP) is 6.16. The monoisotopic (exact) mass is 400 g/mol. The Bertz CT molecular complexity index is 1070. The van der Waals surface area contributed by atoms with E-state index in [-0.39, 0.29) is 10.6 Å². The zero-order valence-electron chi connectivity index (χ0n) is 15.1. The number of aliphatic imine (C=N–C) groups is 1. The molecule has 6 heteroatoms. The van der Waals surface area contributed by atoms with E-state index in [1.165, 1.54) is 0 Å². The fourth-order valence-electron chi connectivity index (χ4n) is 3.01. The van der Waals surface area contributed by atoms with E-state index in [2.05, 4.69) is 4.99 Å². The Balaban J connectivity index is 2.03. The third kappa shape index (κ3) is 3.77. The smallest absolute Gasteiger partial charge is 0.337 e. The van der Waals surface area contributed by atoms with E-state index in [9.17, 15) is 9.90 Å². The van der Waals surface area contributed by atoms with Crippen LogP contribution in [-0.2, 0) is 0 Å². The zero-order chi connectivity index (χ0) is 19.7. The lowest BCUT2D eigenvalue weighted by Crippen LogP contribution is -2.03. The fraction of sp³-hybridized carbons (Fsp3) is 0.143. The molecule has 0 unspecified atom stereocenters. The van der Waals surface area contributed by atoms with Crippen LogP contribution in [0.2, 0.25) is 10.0 Å². The van der Waals surface area contributed by atoms with Crippen molar-refractivity contribution in [3.05, 3.63) is 80.6 Å². The van der Waals surface area contributed by atoms with Crippen LogP contribution in [-0.4, -0.2) is 21.9 Å². The molecule has 1 heterocycles. The number of carboxylic acid groups (broad SMARTS) is 1. The first-order chi connectivity index (χ1) is 12.8. The summed E-state index contributed by atoms with van der Waals surface area (Å²) in [6, 6.07) is 12.6. The molecule has 1 N–H and O–H groups in total. The first kappa shape index (κ1) is 19.2. The molecule has 0 bridgehead atoms. The highest BCUT2D eigenvalue weighted by Crippen LogP contribution is 2.27. The van der Waals surface area contributed by atoms with Crippen LogP contribution in [0.3, 0.4) is 0 Å². The van der Waals surface area contributed by atoms with E-state index in [1.807, 2.05) is 49.6 Å². The average molecular weight is 401 g/mol. The third-order valence-corrected chi connectivity index (χ3v) is 5.23. The molecule has 1 aromatic heterocycles. The molecule has 0 aliphatic heterocycles. The van der Waals surface area contributed by atoms with Crippen LogP contribution >= 0.6 is 23.2 Å². The van der Waals surface area contributed by atoms with Gasteiger partial charge in [0.1, 0.15) is 0 Å². The number of aromatic carboxylic acids is 1. The van der Waals surface area contributed by atoms with Crippen LogP contribution in [0.1, 0.15) is 32.9 Å². The lowest BCUT2D eigenvalue weighted by atomic mass is 10.2. The molecule has 0 atom stereocenters. The van der Waals surface area contributed by atoms with Gasteiger partial charge in [0.05, 0.1) is 16.3 Å². The number of hydrogen-bond acceptors (Lipinski definition) is 2. The Kier molecular flexibility index (Phi) is 5.40. The van der Waals surface area contributed by atoms with E-state index in [0.29, 0.717) is 5.02 Å². The summed E-state index contributed by atoms with van der Waals surface area (Å²) >= 11 is 12.1. The molecule has 0 saturated heterocycles. The third-order valence-electron chi connectivity index (χ3n) is 4.49. The van der Waals surface area contributed by atoms with E-state index < -0.39 is 5.97 Å². The predicted molar refractivity (Wildman–Crippen MR) is 111 cm³/mol. The van der Waals surface area contributed by atoms with Crippen molar-refractivity contribution < 1.29 is 9.90 Å². The molecular formula is C21H18Cl2N2O2. The van der Waals surface area contributed by atoms with Gasteiger partial charge in [-0.15, -0.1) is 0 Å². The Morgan fingerprint density at radius 1 is 1.07 bits per heavy atom. The molecule has 0 amide bonds. The number of benzene rings is 2. The molecule has 0 radical (unpaired) electrons. The largest absolute Gasteiger partial charge is 0.478 e. The van der Waals surface area contributed by atoms with Crippen molar-refractivity contribution in [1.29, 1.82) is 0 Å². The van der Waals surface area contributed by atoms with Gasteiger partial charge in [-0.05, 0) is 62.7 Å². The number of carboxylic acids is 1. The molecular weight excluding hydrogens is 383 g/mol. The van der Waals surface area contributed by atoms with Crippen molar-refractivity contribution in [3.63, 3.8) is 0 Å². The second kappa shape index (κ2) is 7.59. The van der Waals surface area contributed by atoms with Gasteiger partial charge >= 0.3 is 5.97 Å². The van der Waals surface area contributed by atoms with E-state index >= 15 is 0 Å². The highest BCUT2D eigenvalue weighted by Gasteiger charge is 2.14. The second-order valence-electron chi connectivity index (χ2n) is 6.27. The molecule has 3 rings (SSSR count). The van der Waals surface area contributed by atoms with Gasteiger partial charge in [0.2, 0.25) is 0 Å².